The van der Waals surface area contributed by atoms with E-state index in [1.807, 2.05) is 36.1 Å². The first-order valence-corrected chi connectivity index (χ1v) is 10.9. The molecule has 1 heterocycles. The van der Waals surface area contributed by atoms with Crippen LogP contribution >= 0.6 is 11.3 Å². The van der Waals surface area contributed by atoms with Gasteiger partial charge in [0.15, 0.2) is 5.13 Å². The molecule has 3 aromatic rings. The van der Waals surface area contributed by atoms with Crippen molar-refractivity contribution in [1.29, 1.82) is 0 Å². The zero-order valence-corrected chi connectivity index (χ0v) is 18.1. The monoisotopic (exact) mass is 395 g/mol. The highest BCUT2D eigenvalue weighted by atomic mass is 32.1. The maximum Gasteiger partial charge on any atom is 0.260 e. The summed E-state index contributed by atoms with van der Waals surface area (Å²) in [6.07, 6.45) is 0.997. The lowest BCUT2D eigenvalue weighted by Gasteiger charge is -2.25. The Bertz CT molecular complexity index is 946. The molecule has 0 aliphatic carbocycles. The summed E-state index contributed by atoms with van der Waals surface area (Å²) in [7, 11) is 0. The summed E-state index contributed by atoms with van der Waals surface area (Å²) < 4.78 is 1.14. The van der Waals surface area contributed by atoms with Crippen molar-refractivity contribution in [3.05, 3.63) is 59.2 Å². The SMILES string of the molecule is CCc1ccc2nc(N(CCN(CC)CC)C(=O)c3ccccc3C)sc2c1. The van der Waals surface area contributed by atoms with Gasteiger partial charge in [-0.25, -0.2) is 4.98 Å². The molecule has 0 aliphatic heterocycles. The number of aromatic nitrogens is 1. The smallest absolute Gasteiger partial charge is 0.260 e. The van der Waals surface area contributed by atoms with E-state index >= 15 is 0 Å². The Morgan fingerprint density at radius 3 is 2.46 bits per heavy atom. The third-order valence-corrected chi connectivity index (χ3v) is 6.28. The number of rotatable bonds is 8. The molecule has 0 aliphatic rings. The second-order valence-corrected chi connectivity index (χ2v) is 7.96. The van der Waals surface area contributed by atoms with Crippen LogP contribution in [-0.4, -0.2) is 42.0 Å². The van der Waals surface area contributed by atoms with Gasteiger partial charge in [0.2, 0.25) is 0 Å². The molecule has 28 heavy (non-hydrogen) atoms. The summed E-state index contributed by atoms with van der Waals surface area (Å²) in [5, 5.41) is 0.781. The van der Waals surface area contributed by atoms with E-state index in [0.29, 0.717) is 6.54 Å². The minimum Gasteiger partial charge on any atom is -0.302 e. The number of hydrogen-bond donors (Lipinski definition) is 0. The molecule has 0 spiro atoms. The van der Waals surface area contributed by atoms with Gasteiger partial charge >= 0.3 is 0 Å². The van der Waals surface area contributed by atoms with Gasteiger partial charge in [-0.2, -0.15) is 0 Å². The van der Waals surface area contributed by atoms with Crippen LogP contribution in [0.4, 0.5) is 5.13 Å². The fourth-order valence-corrected chi connectivity index (χ4v) is 4.37. The molecule has 148 valence electrons. The van der Waals surface area contributed by atoms with Crippen LogP contribution in [-0.2, 0) is 6.42 Å². The summed E-state index contributed by atoms with van der Waals surface area (Å²) in [5.74, 6) is 0.0278. The van der Waals surface area contributed by atoms with Gasteiger partial charge in [-0.15, -0.1) is 0 Å². The number of carbonyl (C=O) groups excluding carboxylic acids is 1. The molecule has 0 bridgehead atoms. The Balaban J connectivity index is 1.97. The number of nitrogens with zero attached hydrogens (tertiary/aromatic N) is 3. The number of hydrogen-bond acceptors (Lipinski definition) is 4. The van der Waals surface area contributed by atoms with Crippen molar-refractivity contribution in [3.8, 4) is 0 Å². The van der Waals surface area contributed by atoms with Crippen molar-refractivity contribution < 1.29 is 4.79 Å². The standard InChI is InChI=1S/C23H29N3OS/c1-5-18-12-13-20-21(16-18)28-23(24-20)26(15-14-25(6-2)7-3)22(27)19-11-9-8-10-17(19)4/h8-13,16H,5-7,14-15H2,1-4H3. The molecule has 0 N–H and O–H groups in total. The van der Waals surface area contributed by atoms with Gasteiger partial charge in [-0.1, -0.05) is 56.4 Å². The minimum absolute atomic E-state index is 0.0278. The van der Waals surface area contributed by atoms with Crippen molar-refractivity contribution in [2.45, 2.75) is 34.1 Å². The van der Waals surface area contributed by atoms with E-state index < -0.39 is 0 Å². The van der Waals surface area contributed by atoms with Crippen LogP contribution in [0.5, 0.6) is 0 Å². The van der Waals surface area contributed by atoms with E-state index in [1.165, 1.54) is 5.56 Å². The zero-order chi connectivity index (χ0) is 20.1. The second kappa shape index (κ2) is 9.30. The van der Waals surface area contributed by atoms with Crippen LogP contribution in [0.3, 0.4) is 0 Å². The van der Waals surface area contributed by atoms with Gasteiger partial charge in [0.05, 0.1) is 10.2 Å². The van der Waals surface area contributed by atoms with Gasteiger partial charge in [-0.05, 0) is 55.8 Å². The lowest BCUT2D eigenvalue weighted by atomic mass is 10.1. The Morgan fingerprint density at radius 2 is 1.79 bits per heavy atom. The minimum atomic E-state index is 0.0278. The summed E-state index contributed by atoms with van der Waals surface area (Å²) in [6.45, 7) is 11.9. The summed E-state index contributed by atoms with van der Waals surface area (Å²) in [5.41, 5.74) is 4.00. The third kappa shape index (κ3) is 4.42. The van der Waals surface area contributed by atoms with Crippen LogP contribution in [0, 0.1) is 6.92 Å². The molecule has 0 atom stereocenters. The molecule has 1 amide bonds. The molecular formula is C23H29N3OS. The molecule has 0 radical (unpaired) electrons. The number of benzene rings is 2. The summed E-state index contributed by atoms with van der Waals surface area (Å²) in [4.78, 5) is 22.4. The molecule has 2 aromatic carbocycles. The number of anilines is 1. The molecule has 0 saturated carbocycles. The first-order chi connectivity index (χ1) is 13.6. The lowest BCUT2D eigenvalue weighted by molar-refractivity contribution is 0.0983. The van der Waals surface area contributed by atoms with E-state index in [-0.39, 0.29) is 5.91 Å². The maximum absolute atomic E-state index is 13.4. The zero-order valence-electron chi connectivity index (χ0n) is 17.2. The number of likely N-dealkylation sites (N-methyl/N-ethyl adjacent to an activating group) is 1. The third-order valence-electron chi connectivity index (χ3n) is 5.24. The fraction of sp³-hybridized carbons (Fsp3) is 0.391. The van der Waals surface area contributed by atoms with Gasteiger partial charge in [0, 0.05) is 18.7 Å². The van der Waals surface area contributed by atoms with Crippen molar-refractivity contribution in [2.24, 2.45) is 0 Å². The van der Waals surface area contributed by atoms with Crippen LogP contribution < -0.4 is 4.90 Å². The highest BCUT2D eigenvalue weighted by Crippen LogP contribution is 2.31. The first kappa shape index (κ1) is 20.5. The summed E-state index contributed by atoms with van der Waals surface area (Å²) >= 11 is 1.61. The lowest BCUT2D eigenvalue weighted by Crippen LogP contribution is -2.39. The van der Waals surface area contributed by atoms with E-state index in [1.54, 1.807) is 11.3 Å². The molecular weight excluding hydrogens is 366 g/mol. The van der Waals surface area contributed by atoms with Crippen molar-refractivity contribution in [1.82, 2.24) is 9.88 Å². The molecule has 0 unspecified atom stereocenters. The largest absolute Gasteiger partial charge is 0.302 e. The Labute approximate surface area is 171 Å². The van der Waals surface area contributed by atoms with Crippen LogP contribution in [0.25, 0.3) is 10.2 Å². The topological polar surface area (TPSA) is 36.4 Å². The van der Waals surface area contributed by atoms with Gasteiger partial charge in [-0.3, -0.25) is 9.69 Å². The van der Waals surface area contributed by atoms with Crippen molar-refractivity contribution in [2.75, 3.05) is 31.1 Å². The average molecular weight is 396 g/mol. The van der Waals surface area contributed by atoms with Crippen molar-refractivity contribution >= 4 is 32.6 Å². The molecule has 4 nitrogen and oxygen atoms in total. The number of carbonyl (C=O) groups is 1. The maximum atomic E-state index is 13.4. The first-order valence-electron chi connectivity index (χ1n) is 10.1. The van der Waals surface area contributed by atoms with E-state index in [0.717, 1.165) is 52.5 Å². The second-order valence-electron chi connectivity index (χ2n) is 6.95. The Hall–Kier alpha value is -2.24. The van der Waals surface area contributed by atoms with Crippen molar-refractivity contribution in [3.63, 3.8) is 0 Å². The van der Waals surface area contributed by atoms with E-state index in [9.17, 15) is 4.79 Å². The Kier molecular flexibility index (Phi) is 6.81. The van der Waals surface area contributed by atoms with Crippen LogP contribution in [0.1, 0.15) is 42.3 Å². The molecule has 0 saturated heterocycles. The van der Waals surface area contributed by atoms with E-state index in [2.05, 4.69) is 43.9 Å². The van der Waals surface area contributed by atoms with Gasteiger partial charge in [0.25, 0.3) is 5.91 Å². The summed E-state index contributed by atoms with van der Waals surface area (Å²) in [6, 6.07) is 14.2. The number of thiazole rings is 1. The normalized spacial score (nSPS) is 11.3. The number of aryl methyl sites for hydroxylation is 2. The van der Waals surface area contributed by atoms with Crippen LogP contribution in [0.2, 0.25) is 0 Å². The molecule has 1 aromatic heterocycles. The van der Waals surface area contributed by atoms with E-state index in [4.69, 9.17) is 4.98 Å². The Morgan fingerprint density at radius 1 is 1.04 bits per heavy atom. The number of fused-ring (bicyclic) bond motifs is 1. The predicted octanol–water partition coefficient (Wildman–Crippen LogP) is 5.16. The average Bonchev–Trinajstić information content (AvgIpc) is 3.14. The highest BCUT2D eigenvalue weighted by molar-refractivity contribution is 7.22. The highest BCUT2D eigenvalue weighted by Gasteiger charge is 2.23. The molecule has 5 heteroatoms. The molecule has 0 fully saturated rings. The number of amides is 1. The fourth-order valence-electron chi connectivity index (χ4n) is 3.32. The predicted molar refractivity (Wildman–Crippen MR) is 120 cm³/mol. The van der Waals surface area contributed by atoms with Gasteiger partial charge < -0.3 is 4.90 Å². The van der Waals surface area contributed by atoms with Gasteiger partial charge in [0.1, 0.15) is 0 Å². The molecule has 3 rings (SSSR count). The quantitative estimate of drug-likeness (QED) is 0.529. The van der Waals surface area contributed by atoms with Crippen LogP contribution in [0.15, 0.2) is 42.5 Å².